The minimum absolute atomic E-state index is 0.00944. The number of ether oxygens (including phenoxy) is 3. The standard InChI is InChI=1S/C28H20N2O6/c31-28(34-15-17-5-9-20(10-6-17)30(32)33)26-21-3-1-2-4-23(21)29-27-19(8-11-22(26)27)13-18-7-12-24-25(14-18)36-16-35-24/h1-7,9-10,12-14H,8,11,15-16H2. The molecule has 0 radical (unpaired) electrons. The molecule has 1 aliphatic heterocycles. The number of pyridine rings is 1. The lowest BCUT2D eigenvalue weighted by Crippen LogP contribution is -2.10. The highest BCUT2D eigenvalue weighted by atomic mass is 16.7. The number of rotatable bonds is 5. The fourth-order valence-corrected chi connectivity index (χ4v) is 4.65. The molecule has 4 aromatic rings. The number of carbonyl (C=O) groups is 1. The predicted octanol–water partition coefficient (Wildman–Crippen LogP) is 5.72. The molecule has 1 aromatic heterocycles. The third kappa shape index (κ3) is 3.92. The molecule has 178 valence electrons. The van der Waals surface area contributed by atoms with Crippen LogP contribution in [-0.4, -0.2) is 22.7 Å². The molecule has 8 heteroatoms. The molecule has 0 atom stereocenters. The minimum Gasteiger partial charge on any atom is -0.457 e. The summed E-state index contributed by atoms with van der Waals surface area (Å²) in [6, 6.07) is 19.3. The number of benzene rings is 3. The van der Waals surface area contributed by atoms with Crippen LogP contribution in [0.25, 0.3) is 22.6 Å². The Labute approximate surface area is 205 Å². The van der Waals surface area contributed by atoms with E-state index in [9.17, 15) is 14.9 Å². The van der Waals surface area contributed by atoms with Gasteiger partial charge in [0.25, 0.3) is 5.69 Å². The lowest BCUT2D eigenvalue weighted by Gasteiger charge is -2.12. The van der Waals surface area contributed by atoms with E-state index in [0.29, 0.717) is 23.3 Å². The molecule has 0 N–H and O–H groups in total. The van der Waals surface area contributed by atoms with Gasteiger partial charge in [-0.05, 0) is 71.5 Å². The van der Waals surface area contributed by atoms with E-state index in [1.54, 1.807) is 12.1 Å². The molecule has 2 aliphatic rings. The number of nitro benzene ring substituents is 1. The molecule has 6 rings (SSSR count). The van der Waals surface area contributed by atoms with Gasteiger partial charge in [-0.15, -0.1) is 0 Å². The molecule has 0 spiro atoms. The van der Waals surface area contributed by atoms with Gasteiger partial charge in [-0.25, -0.2) is 9.78 Å². The first kappa shape index (κ1) is 21.8. The van der Waals surface area contributed by atoms with Gasteiger partial charge in [0.05, 0.1) is 21.7 Å². The Morgan fingerprint density at radius 3 is 2.67 bits per heavy atom. The van der Waals surface area contributed by atoms with Gasteiger partial charge in [-0.2, -0.15) is 0 Å². The van der Waals surface area contributed by atoms with E-state index in [2.05, 4.69) is 6.08 Å². The van der Waals surface area contributed by atoms with Crippen LogP contribution in [0.4, 0.5) is 5.69 Å². The highest BCUT2D eigenvalue weighted by Gasteiger charge is 2.28. The summed E-state index contributed by atoms with van der Waals surface area (Å²) in [5.41, 5.74) is 5.59. The van der Waals surface area contributed by atoms with E-state index in [0.717, 1.165) is 45.5 Å². The van der Waals surface area contributed by atoms with Crippen molar-refractivity contribution in [2.24, 2.45) is 0 Å². The second-order valence-corrected chi connectivity index (χ2v) is 8.61. The van der Waals surface area contributed by atoms with Crippen molar-refractivity contribution in [2.45, 2.75) is 19.4 Å². The van der Waals surface area contributed by atoms with Gasteiger partial charge in [0.15, 0.2) is 11.5 Å². The van der Waals surface area contributed by atoms with Crippen LogP contribution in [0.5, 0.6) is 11.5 Å². The monoisotopic (exact) mass is 480 g/mol. The van der Waals surface area contributed by atoms with E-state index in [-0.39, 0.29) is 19.1 Å². The third-order valence-electron chi connectivity index (χ3n) is 6.40. The van der Waals surface area contributed by atoms with Crippen molar-refractivity contribution >= 4 is 34.2 Å². The van der Waals surface area contributed by atoms with E-state index >= 15 is 0 Å². The fourth-order valence-electron chi connectivity index (χ4n) is 4.65. The molecule has 0 saturated heterocycles. The topological polar surface area (TPSA) is 101 Å². The molecular formula is C28H20N2O6. The van der Waals surface area contributed by atoms with Gasteiger partial charge in [-0.3, -0.25) is 10.1 Å². The normalized spacial score (nSPS) is 14.7. The van der Waals surface area contributed by atoms with Crippen molar-refractivity contribution in [3.63, 3.8) is 0 Å². The van der Waals surface area contributed by atoms with Crippen molar-refractivity contribution in [1.29, 1.82) is 0 Å². The molecule has 1 aliphatic carbocycles. The van der Waals surface area contributed by atoms with Crippen LogP contribution in [0, 0.1) is 10.1 Å². The van der Waals surface area contributed by atoms with Crippen molar-refractivity contribution in [3.05, 3.63) is 105 Å². The molecule has 3 aromatic carbocycles. The van der Waals surface area contributed by atoms with Gasteiger partial charge in [-0.1, -0.05) is 24.3 Å². The molecule has 0 bridgehead atoms. The number of aromatic nitrogens is 1. The van der Waals surface area contributed by atoms with E-state index in [1.165, 1.54) is 12.1 Å². The van der Waals surface area contributed by atoms with Crippen molar-refractivity contribution < 1.29 is 23.9 Å². The van der Waals surface area contributed by atoms with Crippen molar-refractivity contribution in [3.8, 4) is 11.5 Å². The van der Waals surface area contributed by atoms with Crippen LogP contribution >= 0.6 is 0 Å². The zero-order valence-corrected chi connectivity index (χ0v) is 19.1. The highest BCUT2D eigenvalue weighted by Crippen LogP contribution is 2.39. The van der Waals surface area contributed by atoms with Gasteiger partial charge in [0.1, 0.15) is 6.61 Å². The Hall–Kier alpha value is -4.72. The summed E-state index contributed by atoms with van der Waals surface area (Å²) in [6.45, 7) is 0.235. The smallest absolute Gasteiger partial charge is 0.339 e. The molecule has 0 amide bonds. The zero-order valence-electron chi connectivity index (χ0n) is 19.1. The first-order valence-corrected chi connectivity index (χ1v) is 11.5. The number of carbonyl (C=O) groups excluding carboxylic acids is 1. The van der Waals surface area contributed by atoms with E-state index < -0.39 is 10.9 Å². The number of nitrogens with zero attached hydrogens (tertiary/aromatic N) is 2. The first-order chi connectivity index (χ1) is 17.6. The maximum absolute atomic E-state index is 13.4. The quantitative estimate of drug-likeness (QED) is 0.205. The molecule has 0 fully saturated rings. The van der Waals surface area contributed by atoms with Crippen molar-refractivity contribution in [2.75, 3.05) is 6.79 Å². The number of hydrogen-bond acceptors (Lipinski definition) is 7. The Kier molecular flexibility index (Phi) is 5.33. The van der Waals surface area contributed by atoms with E-state index in [1.807, 2.05) is 42.5 Å². The van der Waals surface area contributed by atoms with Crippen molar-refractivity contribution in [1.82, 2.24) is 4.98 Å². The van der Waals surface area contributed by atoms with E-state index in [4.69, 9.17) is 19.2 Å². The average Bonchev–Trinajstić information content (AvgIpc) is 3.53. The minimum atomic E-state index is -0.461. The van der Waals surface area contributed by atoms with Crippen LogP contribution in [0.15, 0.2) is 66.7 Å². The summed E-state index contributed by atoms with van der Waals surface area (Å²) in [5, 5.41) is 11.6. The Bertz CT molecular complexity index is 1560. The maximum atomic E-state index is 13.4. The molecule has 0 unspecified atom stereocenters. The van der Waals surface area contributed by atoms with Gasteiger partial charge < -0.3 is 14.2 Å². The number of fused-ring (bicyclic) bond motifs is 3. The number of esters is 1. The number of non-ortho nitro benzene ring substituents is 1. The van der Waals surface area contributed by atoms with Crippen LogP contribution in [0.2, 0.25) is 0 Å². The number of allylic oxidation sites excluding steroid dienone is 1. The Morgan fingerprint density at radius 1 is 1.03 bits per heavy atom. The second kappa shape index (κ2) is 8.81. The van der Waals surface area contributed by atoms with Crippen LogP contribution < -0.4 is 9.47 Å². The van der Waals surface area contributed by atoms with Gasteiger partial charge in [0.2, 0.25) is 6.79 Å². The summed E-state index contributed by atoms with van der Waals surface area (Å²) in [5.74, 6) is 1.00. The molecule has 36 heavy (non-hydrogen) atoms. The maximum Gasteiger partial charge on any atom is 0.339 e. The number of para-hydroxylation sites is 1. The largest absolute Gasteiger partial charge is 0.457 e. The molecule has 2 heterocycles. The summed E-state index contributed by atoms with van der Waals surface area (Å²) in [7, 11) is 0. The average molecular weight is 480 g/mol. The zero-order chi connectivity index (χ0) is 24.6. The second-order valence-electron chi connectivity index (χ2n) is 8.61. The predicted molar refractivity (Wildman–Crippen MR) is 133 cm³/mol. The lowest BCUT2D eigenvalue weighted by molar-refractivity contribution is -0.384. The fraction of sp³-hybridized carbons (Fsp3) is 0.143. The van der Waals surface area contributed by atoms with Crippen LogP contribution in [0.3, 0.4) is 0 Å². The summed E-state index contributed by atoms with van der Waals surface area (Å²) in [6.07, 6.45) is 3.49. The number of nitro groups is 1. The molecule has 8 nitrogen and oxygen atoms in total. The van der Waals surface area contributed by atoms with Crippen LogP contribution in [-0.2, 0) is 17.8 Å². The van der Waals surface area contributed by atoms with Gasteiger partial charge >= 0.3 is 5.97 Å². The third-order valence-corrected chi connectivity index (χ3v) is 6.40. The Morgan fingerprint density at radius 2 is 1.83 bits per heavy atom. The van der Waals surface area contributed by atoms with Gasteiger partial charge in [0, 0.05) is 17.5 Å². The Balaban J connectivity index is 1.34. The SMILES string of the molecule is O=C(OCc1ccc([N+](=O)[O-])cc1)c1c2c(nc3ccccc13)C(=Cc1ccc3c(c1)OCO3)CC2. The summed E-state index contributed by atoms with van der Waals surface area (Å²) < 4.78 is 16.6. The summed E-state index contributed by atoms with van der Waals surface area (Å²) in [4.78, 5) is 28.7. The molecular weight excluding hydrogens is 460 g/mol. The lowest BCUT2D eigenvalue weighted by atomic mass is 10.0. The summed E-state index contributed by atoms with van der Waals surface area (Å²) >= 11 is 0. The van der Waals surface area contributed by atoms with Crippen LogP contribution in [0.1, 0.15) is 39.2 Å². The molecule has 0 saturated carbocycles. The first-order valence-electron chi connectivity index (χ1n) is 11.5. The number of hydrogen-bond donors (Lipinski definition) is 0. The highest BCUT2D eigenvalue weighted by molar-refractivity contribution is 6.07.